The van der Waals surface area contributed by atoms with E-state index in [0.717, 1.165) is 12.1 Å². The quantitative estimate of drug-likeness (QED) is 0.135. The zero-order valence-electron chi connectivity index (χ0n) is 46.3. The standard InChI is InChI=1S/C72H40F12N6/c73-69(74,75)47-24-27-51(59(37-47)71(79,80)81)43-21-30-63-56(34-43)53-17-7-9-19-61(53)89(63)49-26-29-50(46-16-11-33-85-40-46)55(39-49)58-36-45(68-87-66(41-12-3-1-4-13-41)86-67(88-68)42-14-5-2-6-15-42)23-32-65(58)90-62-20-10-8-18-54(62)57-35-44(22-31-64(57)90)52-28-25-48(70(76,77)78)38-60(52)72(82,83)84/h1-40H. The molecule has 4 aromatic heterocycles. The number of alkyl halides is 12. The van der Waals surface area contributed by atoms with Crippen molar-refractivity contribution in [1.82, 2.24) is 29.1 Å². The van der Waals surface area contributed by atoms with Crippen LogP contribution in [0, 0.1) is 0 Å². The molecule has 0 saturated carbocycles. The van der Waals surface area contributed by atoms with E-state index in [1.54, 1.807) is 60.9 Å². The molecule has 0 saturated heterocycles. The number of para-hydroxylation sites is 2. The lowest BCUT2D eigenvalue weighted by molar-refractivity contribution is -0.144. The van der Waals surface area contributed by atoms with E-state index >= 15 is 0 Å². The van der Waals surface area contributed by atoms with Crippen LogP contribution in [-0.2, 0) is 24.7 Å². The molecule has 0 bridgehead atoms. The molecule has 0 spiro atoms. The third-order valence-corrected chi connectivity index (χ3v) is 16.0. The van der Waals surface area contributed by atoms with Crippen LogP contribution in [0.1, 0.15) is 22.3 Å². The van der Waals surface area contributed by atoms with Gasteiger partial charge in [-0.1, -0.05) is 133 Å². The number of aromatic nitrogens is 6. The Bertz CT molecular complexity index is 5070. The van der Waals surface area contributed by atoms with E-state index in [-0.39, 0.29) is 23.3 Å². The van der Waals surface area contributed by atoms with Crippen LogP contribution < -0.4 is 0 Å². The van der Waals surface area contributed by atoms with Gasteiger partial charge >= 0.3 is 24.7 Å². The van der Waals surface area contributed by atoms with Gasteiger partial charge in [-0.15, -0.1) is 0 Å². The highest BCUT2D eigenvalue weighted by Crippen LogP contribution is 2.48. The molecule has 0 amide bonds. The molecule has 14 aromatic rings. The fraction of sp³-hybridized carbons (Fsp3) is 0.0556. The van der Waals surface area contributed by atoms with Crippen molar-refractivity contribution < 1.29 is 52.7 Å². The van der Waals surface area contributed by atoms with Crippen LogP contribution in [0.5, 0.6) is 0 Å². The predicted molar refractivity (Wildman–Crippen MR) is 324 cm³/mol. The van der Waals surface area contributed by atoms with Crippen molar-refractivity contribution in [2.45, 2.75) is 24.7 Å². The van der Waals surface area contributed by atoms with Crippen LogP contribution >= 0.6 is 0 Å². The van der Waals surface area contributed by atoms with Gasteiger partial charge in [0.1, 0.15) is 0 Å². The van der Waals surface area contributed by atoms with Crippen LogP contribution in [0.15, 0.2) is 243 Å². The SMILES string of the molecule is FC(F)(F)c1ccc(-c2ccc3c(c2)c2ccccc2n3-c2ccc(-c3cccnc3)c(-c3cc(-c4nc(-c5ccccc5)nc(-c5ccccc5)n4)ccc3-n3c4ccccc4c4cc(-c5ccc(C(F)(F)F)cc5C(F)(F)F)ccc43)c2)c(C(F)(F)F)c1. The van der Waals surface area contributed by atoms with E-state index in [1.807, 2.05) is 130 Å². The highest BCUT2D eigenvalue weighted by atomic mass is 19.4. The molecule has 10 aromatic carbocycles. The summed E-state index contributed by atoms with van der Waals surface area (Å²) >= 11 is 0. The van der Waals surface area contributed by atoms with Crippen molar-refractivity contribution in [3.63, 3.8) is 0 Å². The summed E-state index contributed by atoms with van der Waals surface area (Å²) in [6, 6.07) is 60.7. The number of hydrogen-bond acceptors (Lipinski definition) is 4. The zero-order chi connectivity index (χ0) is 62.4. The lowest BCUT2D eigenvalue weighted by Gasteiger charge is -2.20. The Kier molecular flexibility index (Phi) is 13.6. The van der Waals surface area contributed by atoms with Gasteiger partial charge in [0.2, 0.25) is 0 Å². The number of nitrogens with zero attached hydrogens (tertiary/aromatic N) is 6. The van der Waals surface area contributed by atoms with Gasteiger partial charge in [-0.2, -0.15) is 52.7 Å². The normalized spacial score (nSPS) is 12.4. The smallest absolute Gasteiger partial charge is 0.309 e. The van der Waals surface area contributed by atoms with Gasteiger partial charge in [-0.25, -0.2) is 15.0 Å². The molecule has 0 N–H and O–H groups in total. The number of halogens is 12. The molecule has 14 rings (SSSR count). The van der Waals surface area contributed by atoms with Gasteiger partial charge < -0.3 is 9.13 Å². The van der Waals surface area contributed by atoms with Crippen molar-refractivity contribution in [3.05, 3.63) is 265 Å². The van der Waals surface area contributed by atoms with Gasteiger partial charge in [-0.3, -0.25) is 4.98 Å². The Hall–Kier alpha value is -10.9. The first-order chi connectivity index (χ1) is 43.2. The van der Waals surface area contributed by atoms with Crippen molar-refractivity contribution in [3.8, 4) is 90.0 Å². The van der Waals surface area contributed by atoms with E-state index in [1.165, 1.54) is 24.3 Å². The summed E-state index contributed by atoms with van der Waals surface area (Å²) < 4.78 is 176. The first kappa shape index (κ1) is 56.9. The molecule has 4 heterocycles. The summed E-state index contributed by atoms with van der Waals surface area (Å²) in [7, 11) is 0. The Morgan fingerprint density at radius 3 is 1.22 bits per heavy atom. The summed E-state index contributed by atoms with van der Waals surface area (Å²) in [5.74, 6) is 1.05. The van der Waals surface area contributed by atoms with E-state index in [4.69, 9.17) is 15.0 Å². The zero-order valence-corrected chi connectivity index (χ0v) is 46.3. The summed E-state index contributed by atoms with van der Waals surface area (Å²) in [4.78, 5) is 19.6. The molecule has 0 aliphatic carbocycles. The number of rotatable bonds is 9. The fourth-order valence-corrected chi connectivity index (χ4v) is 11.9. The first-order valence-electron chi connectivity index (χ1n) is 27.9. The maximum absolute atomic E-state index is 14.8. The average molecular weight is 1220 g/mol. The second-order valence-corrected chi connectivity index (χ2v) is 21.4. The minimum Gasteiger partial charge on any atom is -0.309 e. The molecular formula is C72H40F12N6. The number of pyridine rings is 1. The Labute approximate surface area is 503 Å². The van der Waals surface area contributed by atoms with Crippen LogP contribution in [0.3, 0.4) is 0 Å². The molecule has 0 aliphatic rings. The predicted octanol–water partition coefficient (Wildman–Crippen LogP) is 21.2. The van der Waals surface area contributed by atoms with E-state index in [9.17, 15) is 52.7 Å². The summed E-state index contributed by atoms with van der Waals surface area (Å²) in [5.41, 5.74) is 1.27. The molecule has 0 atom stereocenters. The van der Waals surface area contributed by atoms with E-state index in [0.29, 0.717) is 124 Å². The number of fused-ring (bicyclic) bond motifs is 6. The maximum Gasteiger partial charge on any atom is 0.417 e. The Morgan fingerprint density at radius 2 is 0.722 bits per heavy atom. The third kappa shape index (κ3) is 10.2. The van der Waals surface area contributed by atoms with Gasteiger partial charge in [0.15, 0.2) is 17.5 Å². The third-order valence-electron chi connectivity index (χ3n) is 16.0. The molecule has 18 heteroatoms. The minimum atomic E-state index is -5.16. The van der Waals surface area contributed by atoms with Crippen molar-refractivity contribution in [2.75, 3.05) is 0 Å². The Morgan fingerprint density at radius 1 is 0.278 bits per heavy atom. The highest BCUT2D eigenvalue weighted by molar-refractivity contribution is 6.12. The summed E-state index contributed by atoms with van der Waals surface area (Å²) in [6.45, 7) is 0. The van der Waals surface area contributed by atoms with Gasteiger partial charge in [0.05, 0.1) is 50.0 Å². The van der Waals surface area contributed by atoms with E-state index < -0.39 is 58.1 Å². The summed E-state index contributed by atoms with van der Waals surface area (Å²) in [6.07, 6.45) is -17.0. The summed E-state index contributed by atoms with van der Waals surface area (Å²) in [5, 5.41) is 2.20. The molecule has 0 fully saturated rings. The fourth-order valence-electron chi connectivity index (χ4n) is 11.9. The van der Waals surface area contributed by atoms with Crippen molar-refractivity contribution in [1.29, 1.82) is 0 Å². The first-order valence-corrected chi connectivity index (χ1v) is 27.9. The molecule has 6 nitrogen and oxygen atoms in total. The molecule has 90 heavy (non-hydrogen) atoms. The second kappa shape index (κ2) is 21.5. The van der Waals surface area contributed by atoms with Gasteiger partial charge in [0, 0.05) is 67.4 Å². The molecule has 442 valence electrons. The largest absolute Gasteiger partial charge is 0.417 e. The lowest BCUT2D eigenvalue weighted by Crippen LogP contribution is -2.12. The van der Waals surface area contributed by atoms with Crippen LogP contribution in [0.4, 0.5) is 52.7 Å². The monoisotopic (exact) mass is 1220 g/mol. The minimum absolute atomic E-state index is 0.0188. The lowest BCUT2D eigenvalue weighted by atomic mass is 9.92. The average Bonchev–Trinajstić information content (AvgIpc) is 1.55. The molecule has 0 aliphatic heterocycles. The Balaban J connectivity index is 1.04. The van der Waals surface area contributed by atoms with Crippen LogP contribution in [-0.4, -0.2) is 29.1 Å². The van der Waals surface area contributed by atoms with Crippen molar-refractivity contribution >= 4 is 43.6 Å². The second-order valence-electron chi connectivity index (χ2n) is 21.4. The molecule has 0 radical (unpaired) electrons. The number of hydrogen-bond donors (Lipinski definition) is 0. The van der Waals surface area contributed by atoms with E-state index in [2.05, 4.69) is 4.98 Å². The van der Waals surface area contributed by atoms with Gasteiger partial charge in [0.25, 0.3) is 0 Å². The maximum atomic E-state index is 14.8. The van der Waals surface area contributed by atoms with Crippen molar-refractivity contribution in [2.24, 2.45) is 0 Å². The number of benzene rings is 10. The van der Waals surface area contributed by atoms with Gasteiger partial charge in [-0.05, 0) is 130 Å². The highest BCUT2D eigenvalue weighted by Gasteiger charge is 2.40. The van der Waals surface area contributed by atoms with Crippen LogP contribution in [0.25, 0.3) is 134 Å². The van der Waals surface area contributed by atoms with Crippen LogP contribution in [0.2, 0.25) is 0 Å². The molecular weight excluding hydrogens is 1180 g/mol. The molecule has 0 unspecified atom stereocenters. The topological polar surface area (TPSA) is 61.4 Å².